The average molecular weight is 352 g/mol. The highest BCUT2D eigenvalue weighted by atomic mass is 35.5. The number of carbonyl (C=O) groups is 1. The zero-order chi connectivity index (χ0) is 17.4. The highest BCUT2D eigenvalue weighted by Gasteiger charge is 2.29. The Balaban J connectivity index is 1.52. The van der Waals surface area contributed by atoms with Gasteiger partial charge in [-0.25, -0.2) is 0 Å². The number of pyridine rings is 1. The van der Waals surface area contributed by atoms with Crippen LogP contribution in [-0.4, -0.2) is 28.9 Å². The van der Waals surface area contributed by atoms with E-state index in [1.807, 2.05) is 49.6 Å². The fourth-order valence-corrected chi connectivity index (χ4v) is 3.60. The molecule has 126 valence electrons. The molecule has 1 aliphatic rings. The molecule has 1 aliphatic heterocycles. The number of anilines is 1. The fourth-order valence-electron chi connectivity index (χ4n) is 3.41. The Labute approximate surface area is 151 Å². The number of aromatic nitrogens is 1. The summed E-state index contributed by atoms with van der Waals surface area (Å²) in [4.78, 5) is 18.8. The summed E-state index contributed by atoms with van der Waals surface area (Å²) < 4.78 is 0. The summed E-state index contributed by atoms with van der Waals surface area (Å²) in [6, 6.07) is 13.5. The fraction of sp³-hybridized carbons (Fsp3) is 0.200. The minimum Gasteiger partial charge on any atom is -0.373 e. The van der Waals surface area contributed by atoms with Crippen LogP contribution in [0.3, 0.4) is 0 Å². The van der Waals surface area contributed by atoms with Gasteiger partial charge >= 0.3 is 0 Å². The molecule has 0 saturated heterocycles. The van der Waals surface area contributed by atoms with Gasteiger partial charge in [-0.05, 0) is 40.8 Å². The Hall–Kier alpha value is -2.59. The monoisotopic (exact) mass is 351 g/mol. The second kappa shape index (κ2) is 6.37. The quantitative estimate of drug-likeness (QED) is 0.778. The van der Waals surface area contributed by atoms with Crippen LogP contribution in [-0.2, 0) is 17.8 Å². The lowest BCUT2D eigenvalue weighted by atomic mass is 10.1. The second-order valence-electron chi connectivity index (χ2n) is 6.41. The number of rotatable bonds is 3. The lowest BCUT2D eigenvalue weighted by Gasteiger charge is -2.22. The maximum Gasteiger partial charge on any atom is 0.245 e. The third-order valence-corrected chi connectivity index (χ3v) is 4.91. The van der Waals surface area contributed by atoms with Crippen molar-refractivity contribution in [2.24, 2.45) is 0 Å². The van der Waals surface area contributed by atoms with Crippen LogP contribution >= 0.6 is 11.6 Å². The van der Waals surface area contributed by atoms with Gasteiger partial charge in [0.05, 0.1) is 0 Å². The molecule has 4 rings (SSSR count). The highest BCUT2D eigenvalue weighted by molar-refractivity contribution is 6.30. The number of nitrogens with one attached hydrogen (secondary N) is 1. The molecule has 4 nitrogen and oxygen atoms in total. The Bertz CT molecular complexity index is 951. The van der Waals surface area contributed by atoms with Crippen LogP contribution in [0.4, 0.5) is 5.69 Å². The molecule has 0 unspecified atom stereocenters. The van der Waals surface area contributed by atoms with Gasteiger partial charge in [0.2, 0.25) is 5.91 Å². The SMILES string of the molecule is CN(Cc1cccc2cnccc12)C(=O)[C@@H]1Cc2cc(Cl)ccc2N1. The molecule has 0 saturated carbocycles. The molecule has 5 heteroatoms. The smallest absolute Gasteiger partial charge is 0.245 e. The van der Waals surface area contributed by atoms with Crippen molar-refractivity contribution in [1.29, 1.82) is 0 Å². The molecule has 0 bridgehead atoms. The summed E-state index contributed by atoms with van der Waals surface area (Å²) in [5.74, 6) is 0.0818. The molecule has 2 aromatic carbocycles. The first-order chi connectivity index (χ1) is 12.1. The number of hydrogen-bond acceptors (Lipinski definition) is 3. The van der Waals surface area contributed by atoms with Gasteiger partial charge in [0.1, 0.15) is 6.04 Å². The van der Waals surface area contributed by atoms with E-state index in [0.29, 0.717) is 18.0 Å². The topological polar surface area (TPSA) is 45.2 Å². The van der Waals surface area contributed by atoms with E-state index >= 15 is 0 Å². The van der Waals surface area contributed by atoms with Crippen molar-refractivity contribution in [2.75, 3.05) is 12.4 Å². The Morgan fingerprint density at radius 1 is 1.32 bits per heavy atom. The molecular weight excluding hydrogens is 334 g/mol. The Morgan fingerprint density at radius 3 is 3.08 bits per heavy atom. The summed E-state index contributed by atoms with van der Waals surface area (Å²) in [6.45, 7) is 0.565. The molecule has 2 heterocycles. The first kappa shape index (κ1) is 15.9. The number of halogens is 1. The highest BCUT2D eigenvalue weighted by Crippen LogP contribution is 2.29. The van der Waals surface area contributed by atoms with Crippen LogP contribution in [0.1, 0.15) is 11.1 Å². The molecule has 1 N–H and O–H groups in total. The molecule has 1 amide bonds. The van der Waals surface area contributed by atoms with E-state index in [0.717, 1.165) is 27.6 Å². The van der Waals surface area contributed by atoms with Gasteiger partial charge in [0, 0.05) is 48.5 Å². The van der Waals surface area contributed by atoms with Crippen molar-refractivity contribution in [3.05, 3.63) is 71.0 Å². The summed E-state index contributed by atoms with van der Waals surface area (Å²) >= 11 is 6.05. The molecule has 0 fully saturated rings. The zero-order valence-corrected chi connectivity index (χ0v) is 14.6. The van der Waals surface area contributed by atoms with E-state index in [2.05, 4.69) is 16.4 Å². The second-order valence-corrected chi connectivity index (χ2v) is 6.85. The van der Waals surface area contributed by atoms with E-state index in [4.69, 9.17) is 11.6 Å². The predicted octanol–water partition coefficient (Wildman–Crippen LogP) is 3.88. The molecular formula is C20H18ClN3O. The first-order valence-corrected chi connectivity index (χ1v) is 8.61. The van der Waals surface area contributed by atoms with Crippen molar-refractivity contribution < 1.29 is 4.79 Å². The third kappa shape index (κ3) is 3.05. The number of hydrogen-bond donors (Lipinski definition) is 1. The van der Waals surface area contributed by atoms with E-state index in [-0.39, 0.29) is 11.9 Å². The molecule has 3 aromatic rings. The van der Waals surface area contributed by atoms with Crippen molar-refractivity contribution in [2.45, 2.75) is 19.0 Å². The molecule has 25 heavy (non-hydrogen) atoms. The number of likely N-dealkylation sites (N-methyl/N-ethyl adjacent to an activating group) is 1. The average Bonchev–Trinajstić information content (AvgIpc) is 3.04. The van der Waals surface area contributed by atoms with Crippen LogP contribution in [0.25, 0.3) is 10.8 Å². The van der Waals surface area contributed by atoms with Gasteiger partial charge in [0.15, 0.2) is 0 Å². The summed E-state index contributed by atoms with van der Waals surface area (Å²) in [7, 11) is 1.85. The number of nitrogens with zero attached hydrogens (tertiary/aromatic N) is 2. The van der Waals surface area contributed by atoms with Crippen LogP contribution in [0.2, 0.25) is 5.02 Å². The largest absolute Gasteiger partial charge is 0.373 e. The van der Waals surface area contributed by atoms with Gasteiger partial charge in [0.25, 0.3) is 0 Å². The van der Waals surface area contributed by atoms with Gasteiger partial charge in [-0.1, -0.05) is 29.8 Å². The normalized spacial score (nSPS) is 15.7. The number of amides is 1. The minimum atomic E-state index is -0.241. The van der Waals surface area contributed by atoms with Gasteiger partial charge in [-0.15, -0.1) is 0 Å². The lowest BCUT2D eigenvalue weighted by molar-refractivity contribution is -0.131. The summed E-state index contributed by atoms with van der Waals surface area (Å²) in [6.07, 6.45) is 4.30. The van der Waals surface area contributed by atoms with E-state index in [1.54, 1.807) is 11.1 Å². The molecule has 0 aliphatic carbocycles. The van der Waals surface area contributed by atoms with E-state index < -0.39 is 0 Å². The van der Waals surface area contributed by atoms with Gasteiger partial charge in [-0.3, -0.25) is 9.78 Å². The van der Waals surface area contributed by atoms with Crippen LogP contribution in [0.15, 0.2) is 54.9 Å². The Morgan fingerprint density at radius 2 is 2.20 bits per heavy atom. The number of fused-ring (bicyclic) bond motifs is 2. The van der Waals surface area contributed by atoms with Crippen molar-refractivity contribution in [3.63, 3.8) is 0 Å². The predicted molar refractivity (Wildman–Crippen MR) is 101 cm³/mol. The van der Waals surface area contributed by atoms with Crippen molar-refractivity contribution in [1.82, 2.24) is 9.88 Å². The van der Waals surface area contributed by atoms with Crippen molar-refractivity contribution in [3.8, 4) is 0 Å². The van der Waals surface area contributed by atoms with Gasteiger partial charge in [-0.2, -0.15) is 0 Å². The standard InChI is InChI=1S/C20H18ClN3O/c1-24(12-14-4-2-3-13-11-22-8-7-17(13)14)20(25)19-10-15-9-16(21)5-6-18(15)23-19/h2-9,11,19,23H,10,12H2,1H3/t19-/m0/s1. The summed E-state index contributed by atoms with van der Waals surface area (Å²) in [5, 5.41) is 6.22. The molecule has 0 radical (unpaired) electrons. The van der Waals surface area contributed by atoms with Crippen molar-refractivity contribution >= 4 is 34.0 Å². The molecule has 0 spiro atoms. The number of carbonyl (C=O) groups excluding carboxylic acids is 1. The maximum atomic E-state index is 12.9. The lowest BCUT2D eigenvalue weighted by Crippen LogP contribution is -2.39. The van der Waals surface area contributed by atoms with Crippen LogP contribution in [0, 0.1) is 0 Å². The molecule has 1 aromatic heterocycles. The zero-order valence-electron chi connectivity index (χ0n) is 13.9. The summed E-state index contributed by atoms with van der Waals surface area (Å²) in [5.41, 5.74) is 3.21. The van der Waals surface area contributed by atoms with E-state index in [9.17, 15) is 4.79 Å². The van der Waals surface area contributed by atoms with Crippen LogP contribution in [0.5, 0.6) is 0 Å². The Kier molecular flexibility index (Phi) is 4.06. The van der Waals surface area contributed by atoms with Crippen LogP contribution < -0.4 is 5.32 Å². The van der Waals surface area contributed by atoms with E-state index in [1.165, 1.54) is 0 Å². The maximum absolute atomic E-state index is 12.9. The van der Waals surface area contributed by atoms with Gasteiger partial charge < -0.3 is 10.2 Å². The third-order valence-electron chi connectivity index (χ3n) is 4.67. The minimum absolute atomic E-state index is 0.0818. The number of benzene rings is 2. The molecule has 1 atom stereocenters. The first-order valence-electron chi connectivity index (χ1n) is 8.23.